The van der Waals surface area contributed by atoms with Crippen molar-refractivity contribution in [2.75, 3.05) is 0 Å². The van der Waals surface area contributed by atoms with Gasteiger partial charge in [-0.3, -0.25) is 0 Å². The van der Waals surface area contributed by atoms with Crippen molar-refractivity contribution in [1.29, 1.82) is 0 Å². The number of hydrogen-bond acceptors (Lipinski definition) is 4. The number of hydrogen-bond donors (Lipinski definition) is 0. The van der Waals surface area contributed by atoms with Crippen LogP contribution in [0, 0.1) is 0 Å². The molecule has 0 spiro atoms. The first-order valence-corrected chi connectivity index (χ1v) is 8.87. The van der Waals surface area contributed by atoms with E-state index < -0.39 is 10.0 Å². The van der Waals surface area contributed by atoms with Crippen molar-refractivity contribution in [3.05, 3.63) is 72.3 Å². The molecule has 0 fully saturated rings. The lowest BCUT2D eigenvalue weighted by molar-refractivity contribution is 0.589. The normalized spacial score (nSPS) is 11.9. The van der Waals surface area contributed by atoms with Crippen LogP contribution >= 0.6 is 11.6 Å². The first kappa shape index (κ1) is 14.9. The van der Waals surface area contributed by atoms with Crippen molar-refractivity contribution in [3.8, 4) is 5.69 Å². The number of halogens is 1. The second kappa shape index (κ2) is 5.47. The number of fused-ring (bicyclic) bond motifs is 1. The fourth-order valence-corrected chi connectivity index (χ4v) is 3.98. The highest BCUT2D eigenvalue weighted by Gasteiger charge is 2.19. The maximum atomic E-state index is 12.9. The van der Waals surface area contributed by atoms with Crippen LogP contribution in [0.3, 0.4) is 0 Å². The van der Waals surface area contributed by atoms with E-state index >= 15 is 0 Å². The van der Waals surface area contributed by atoms with E-state index in [-0.39, 0.29) is 4.90 Å². The summed E-state index contributed by atoms with van der Waals surface area (Å²) >= 11 is 5.85. The SMILES string of the molecule is O=S(=O)(c1ccc(-n2cccn2)cc1)n1ccc2nc(Cl)ccc21. The van der Waals surface area contributed by atoms with Crippen LogP contribution in [-0.2, 0) is 10.0 Å². The zero-order chi connectivity index (χ0) is 16.7. The number of aromatic nitrogens is 4. The molecular weight excluding hydrogens is 348 g/mol. The van der Waals surface area contributed by atoms with Gasteiger partial charge in [0.1, 0.15) is 5.15 Å². The first-order valence-electron chi connectivity index (χ1n) is 7.05. The Kier molecular flexibility index (Phi) is 3.40. The fourth-order valence-electron chi connectivity index (χ4n) is 2.49. The minimum atomic E-state index is -3.72. The van der Waals surface area contributed by atoms with Crippen LogP contribution in [0.4, 0.5) is 0 Å². The maximum absolute atomic E-state index is 12.9. The molecule has 0 radical (unpaired) electrons. The molecule has 3 heterocycles. The quantitative estimate of drug-likeness (QED) is 0.528. The fraction of sp³-hybridized carbons (Fsp3) is 0. The number of benzene rings is 1. The summed E-state index contributed by atoms with van der Waals surface area (Å²) in [6, 6.07) is 13.2. The van der Waals surface area contributed by atoms with Gasteiger partial charge < -0.3 is 0 Å². The minimum Gasteiger partial charge on any atom is -0.241 e. The zero-order valence-electron chi connectivity index (χ0n) is 12.2. The topological polar surface area (TPSA) is 69.8 Å². The molecule has 0 unspecified atom stereocenters. The summed E-state index contributed by atoms with van der Waals surface area (Å²) in [4.78, 5) is 4.31. The summed E-state index contributed by atoms with van der Waals surface area (Å²) in [5.74, 6) is 0. The molecule has 0 aliphatic rings. The second-order valence-corrected chi connectivity index (χ2v) is 7.30. The predicted octanol–water partition coefficient (Wildman–Crippen LogP) is 3.11. The molecule has 0 N–H and O–H groups in total. The van der Waals surface area contributed by atoms with Crippen LogP contribution in [-0.4, -0.2) is 27.2 Å². The molecule has 3 aromatic heterocycles. The van der Waals surface area contributed by atoms with Crippen LogP contribution in [0.1, 0.15) is 0 Å². The van der Waals surface area contributed by atoms with Gasteiger partial charge in [0.25, 0.3) is 10.0 Å². The third kappa shape index (κ3) is 2.38. The van der Waals surface area contributed by atoms with E-state index in [0.29, 0.717) is 16.2 Å². The van der Waals surface area contributed by atoms with Crippen LogP contribution in [0.15, 0.2) is 72.0 Å². The molecule has 0 aliphatic heterocycles. The molecule has 24 heavy (non-hydrogen) atoms. The van der Waals surface area contributed by atoms with Gasteiger partial charge in [0.2, 0.25) is 0 Å². The molecule has 4 rings (SSSR count). The smallest absolute Gasteiger partial charge is 0.241 e. The Bertz CT molecular complexity index is 1120. The summed E-state index contributed by atoms with van der Waals surface area (Å²) in [6.07, 6.45) is 4.93. The molecule has 4 aromatic rings. The molecule has 0 saturated carbocycles. The average Bonchev–Trinajstić information content (AvgIpc) is 3.24. The van der Waals surface area contributed by atoms with E-state index in [1.165, 1.54) is 10.2 Å². The molecule has 0 amide bonds. The van der Waals surface area contributed by atoms with Gasteiger partial charge in [0, 0.05) is 18.6 Å². The van der Waals surface area contributed by atoms with Crippen molar-refractivity contribution >= 4 is 32.7 Å². The second-order valence-electron chi connectivity index (χ2n) is 5.10. The Hall–Kier alpha value is -2.64. The highest BCUT2D eigenvalue weighted by atomic mass is 35.5. The summed E-state index contributed by atoms with van der Waals surface area (Å²) in [5, 5.41) is 4.44. The standard InChI is InChI=1S/C16H11ClN4O2S/c17-16-7-6-15-14(19-16)8-11-21(15)24(22,23)13-4-2-12(3-5-13)20-10-1-9-18-20/h1-11H. The molecule has 120 valence electrons. The summed E-state index contributed by atoms with van der Waals surface area (Å²) < 4.78 is 28.6. The third-order valence-electron chi connectivity index (χ3n) is 3.64. The van der Waals surface area contributed by atoms with Gasteiger partial charge in [0.15, 0.2) is 0 Å². The lowest BCUT2D eigenvalue weighted by Gasteiger charge is -2.08. The molecule has 0 aliphatic carbocycles. The Labute approximate surface area is 143 Å². The minimum absolute atomic E-state index is 0.186. The van der Waals surface area contributed by atoms with E-state index in [9.17, 15) is 8.42 Å². The van der Waals surface area contributed by atoms with Gasteiger partial charge in [-0.15, -0.1) is 0 Å². The van der Waals surface area contributed by atoms with Gasteiger partial charge >= 0.3 is 0 Å². The van der Waals surface area contributed by atoms with Gasteiger partial charge in [-0.2, -0.15) is 5.10 Å². The molecule has 6 nitrogen and oxygen atoms in total. The summed E-state index contributed by atoms with van der Waals surface area (Å²) in [6.45, 7) is 0. The molecule has 1 aromatic carbocycles. The number of pyridine rings is 1. The van der Waals surface area contributed by atoms with E-state index in [2.05, 4.69) is 10.1 Å². The maximum Gasteiger partial charge on any atom is 0.268 e. The molecule has 8 heteroatoms. The van der Waals surface area contributed by atoms with Gasteiger partial charge in [-0.1, -0.05) is 11.6 Å². The number of rotatable bonds is 3. The third-order valence-corrected chi connectivity index (χ3v) is 5.55. The molecule has 0 saturated heterocycles. The predicted molar refractivity (Wildman–Crippen MR) is 90.9 cm³/mol. The van der Waals surface area contributed by atoms with E-state index in [0.717, 1.165) is 5.69 Å². The van der Waals surface area contributed by atoms with Crippen molar-refractivity contribution in [3.63, 3.8) is 0 Å². The lowest BCUT2D eigenvalue weighted by Crippen LogP contribution is -2.12. The Morgan fingerprint density at radius 1 is 0.958 bits per heavy atom. The summed E-state index contributed by atoms with van der Waals surface area (Å²) in [7, 11) is -3.72. The van der Waals surface area contributed by atoms with Crippen molar-refractivity contribution < 1.29 is 8.42 Å². The van der Waals surface area contributed by atoms with Crippen LogP contribution in [0.2, 0.25) is 5.15 Å². The van der Waals surface area contributed by atoms with Gasteiger partial charge in [-0.05, 0) is 48.5 Å². The van der Waals surface area contributed by atoms with Crippen molar-refractivity contribution in [1.82, 2.24) is 18.7 Å². The molecular formula is C16H11ClN4O2S. The Morgan fingerprint density at radius 2 is 1.75 bits per heavy atom. The van der Waals surface area contributed by atoms with Gasteiger partial charge in [-0.25, -0.2) is 22.1 Å². The van der Waals surface area contributed by atoms with Crippen molar-refractivity contribution in [2.24, 2.45) is 0 Å². The zero-order valence-corrected chi connectivity index (χ0v) is 13.8. The summed E-state index contributed by atoms with van der Waals surface area (Å²) in [5.41, 5.74) is 1.79. The van der Waals surface area contributed by atoms with Gasteiger partial charge in [0.05, 0.1) is 21.6 Å². The Morgan fingerprint density at radius 3 is 2.46 bits per heavy atom. The van der Waals surface area contributed by atoms with E-state index in [1.54, 1.807) is 65.6 Å². The first-order chi connectivity index (χ1) is 11.6. The van der Waals surface area contributed by atoms with E-state index in [4.69, 9.17) is 11.6 Å². The highest BCUT2D eigenvalue weighted by molar-refractivity contribution is 7.90. The Balaban J connectivity index is 1.79. The highest BCUT2D eigenvalue weighted by Crippen LogP contribution is 2.23. The number of nitrogens with zero attached hydrogens (tertiary/aromatic N) is 4. The van der Waals surface area contributed by atoms with Crippen molar-refractivity contribution in [2.45, 2.75) is 4.90 Å². The molecule has 0 bridgehead atoms. The lowest BCUT2D eigenvalue weighted by atomic mass is 10.3. The van der Waals surface area contributed by atoms with Crippen LogP contribution in [0.5, 0.6) is 0 Å². The monoisotopic (exact) mass is 358 g/mol. The molecule has 0 atom stereocenters. The largest absolute Gasteiger partial charge is 0.268 e. The van der Waals surface area contributed by atoms with E-state index in [1.807, 2.05) is 0 Å². The van der Waals surface area contributed by atoms with Crippen LogP contribution < -0.4 is 0 Å². The van der Waals surface area contributed by atoms with Crippen LogP contribution in [0.25, 0.3) is 16.7 Å². The average molecular weight is 359 g/mol.